The van der Waals surface area contributed by atoms with Crippen molar-refractivity contribution in [2.45, 2.75) is 32.8 Å². The van der Waals surface area contributed by atoms with E-state index in [-0.39, 0.29) is 17.9 Å². The molecule has 2 atom stereocenters. The van der Waals surface area contributed by atoms with Gasteiger partial charge in [-0.15, -0.1) is 0 Å². The van der Waals surface area contributed by atoms with Gasteiger partial charge in [0.15, 0.2) is 0 Å². The van der Waals surface area contributed by atoms with E-state index in [2.05, 4.69) is 5.10 Å². The molecule has 1 saturated heterocycles. The van der Waals surface area contributed by atoms with Crippen molar-refractivity contribution in [1.29, 1.82) is 0 Å². The quantitative estimate of drug-likeness (QED) is 0.851. The largest absolute Gasteiger partial charge is 0.393 e. The van der Waals surface area contributed by atoms with E-state index < -0.39 is 0 Å². The Morgan fingerprint density at radius 2 is 2.33 bits per heavy atom. The molecule has 5 heteroatoms. The Hall–Kier alpha value is -1.36. The minimum absolute atomic E-state index is 0.0171. The number of carbonyl (C=O) groups is 1. The number of hydrogen-bond donors (Lipinski definition) is 1. The number of rotatable bonds is 2. The van der Waals surface area contributed by atoms with Crippen molar-refractivity contribution in [3.63, 3.8) is 0 Å². The lowest BCUT2D eigenvalue weighted by Gasteiger charge is -2.34. The van der Waals surface area contributed by atoms with Crippen LogP contribution in [0.4, 0.5) is 0 Å². The number of likely N-dealkylation sites (tertiary alicyclic amines) is 1. The molecule has 1 amide bonds. The van der Waals surface area contributed by atoms with E-state index in [4.69, 9.17) is 0 Å². The van der Waals surface area contributed by atoms with Crippen LogP contribution in [0.25, 0.3) is 0 Å². The molecule has 18 heavy (non-hydrogen) atoms. The summed E-state index contributed by atoms with van der Waals surface area (Å²) in [6.45, 7) is 5.09. The molecule has 0 saturated carbocycles. The molecule has 1 aliphatic rings. The van der Waals surface area contributed by atoms with E-state index in [1.54, 1.807) is 18.7 Å². The van der Waals surface area contributed by atoms with E-state index in [1.165, 1.54) is 0 Å². The molecular formula is C13H21N3O2. The summed E-state index contributed by atoms with van der Waals surface area (Å²) in [6.07, 6.45) is 1.60. The summed E-state index contributed by atoms with van der Waals surface area (Å²) in [5.41, 5.74) is 1.48. The average molecular weight is 251 g/mol. The fourth-order valence-electron chi connectivity index (χ4n) is 2.56. The Morgan fingerprint density at radius 1 is 1.61 bits per heavy atom. The standard InChI is InChI=1S/C13H21N3O2/c1-9-7-12(15(3)14-9)13(18)16-6-4-5-11(8-16)10(2)17/h7,10-11,17H,4-6,8H2,1-3H3. The van der Waals surface area contributed by atoms with Crippen LogP contribution >= 0.6 is 0 Å². The SMILES string of the molecule is Cc1cc(C(=O)N2CCCC(C(C)O)C2)n(C)n1. The molecule has 1 fully saturated rings. The molecule has 0 spiro atoms. The molecule has 100 valence electrons. The fraction of sp³-hybridized carbons (Fsp3) is 0.692. The zero-order chi connectivity index (χ0) is 13.3. The van der Waals surface area contributed by atoms with Crippen molar-refractivity contribution in [1.82, 2.24) is 14.7 Å². The molecule has 1 aromatic heterocycles. The molecule has 1 aromatic rings. The topological polar surface area (TPSA) is 58.4 Å². The van der Waals surface area contributed by atoms with Crippen LogP contribution in [0.5, 0.6) is 0 Å². The summed E-state index contributed by atoms with van der Waals surface area (Å²) in [5.74, 6) is 0.209. The summed E-state index contributed by atoms with van der Waals surface area (Å²) >= 11 is 0. The van der Waals surface area contributed by atoms with Crippen molar-refractivity contribution in [2.24, 2.45) is 13.0 Å². The van der Waals surface area contributed by atoms with Gasteiger partial charge in [0.05, 0.1) is 11.8 Å². The van der Waals surface area contributed by atoms with Crippen LogP contribution in [0.3, 0.4) is 0 Å². The second-order valence-electron chi connectivity index (χ2n) is 5.19. The lowest BCUT2D eigenvalue weighted by atomic mass is 9.93. The van der Waals surface area contributed by atoms with Crippen molar-refractivity contribution < 1.29 is 9.90 Å². The second-order valence-corrected chi connectivity index (χ2v) is 5.19. The smallest absolute Gasteiger partial charge is 0.272 e. The summed E-state index contributed by atoms with van der Waals surface area (Å²) in [4.78, 5) is 14.2. The van der Waals surface area contributed by atoms with Gasteiger partial charge in [0.25, 0.3) is 5.91 Å². The fourth-order valence-corrected chi connectivity index (χ4v) is 2.56. The van der Waals surface area contributed by atoms with Gasteiger partial charge in [0.1, 0.15) is 5.69 Å². The first-order valence-electron chi connectivity index (χ1n) is 6.47. The first-order valence-corrected chi connectivity index (χ1v) is 6.47. The Morgan fingerprint density at radius 3 is 2.89 bits per heavy atom. The maximum atomic E-state index is 12.4. The average Bonchev–Trinajstić information content (AvgIpc) is 2.67. The second kappa shape index (κ2) is 5.10. The third kappa shape index (κ3) is 2.56. The van der Waals surface area contributed by atoms with Gasteiger partial charge in [-0.1, -0.05) is 0 Å². The van der Waals surface area contributed by atoms with Gasteiger partial charge in [-0.2, -0.15) is 5.10 Å². The van der Waals surface area contributed by atoms with Crippen molar-refractivity contribution in [2.75, 3.05) is 13.1 Å². The molecule has 1 N–H and O–H groups in total. The lowest BCUT2D eigenvalue weighted by Crippen LogP contribution is -2.43. The first kappa shape index (κ1) is 13.1. The van der Waals surface area contributed by atoms with Crippen LogP contribution < -0.4 is 0 Å². The van der Waals surface area contributed by atoms with E-state index in [0.717, 1.165) is 25.1 Å². The van der Waals surface area contributed by atoms with Gasteiger partial charge < -0.3 is 10.0 Å². The van der Waals surface area contributed by atoms with E-state index in [1.807, 2.05) is 17.9 Å². The van der Waals surface area contributed by atoms with Gasteiger partial charge in [-0.25, -0.2) is 0 Å². The summed E-state index contributed by atoms with van der Waals surface area (Å²) in [7, 11) is 1.79. The van der Waals surface area contributed by atoms with Gasteiger partial charge in [0, 0.05) is 26.1 Å². The highest BCUT2D eigenvalue weighted by molar-refractivity contribution is 5.92. The molecule has 2 unspecified atom stereocenters. The normalized spacial score (nSPS) is 22.0. The summed E-state index contributed by atoms with van der Waals surface area (Å²) < 4.78 is 1.63. The Bertz CT molecular complexity index is 439. The maximum absolute atomic E-state index is 12.4. The molecule has 0 bridgehead atoms. The Labute approximate surface area is 107 Å². The van der Waals surface area contributed by atoms with Gasteiger partial charge in [0.2, 0.25) is 0 Å². The first-order chi connectivity index (χ1) is 8.49. The monoisotopic (exact) mass is 251 g/mol. The van der Waals surface area contributed by atoms with Crippen molar-refractivity contribution >= 4 is 5.91 Å². The van der Waals surface area contributed by atoms with Crippen molar-refractivity contribution in [3.8, 4) is 0 Å². The Kier molecular flexibility index (Phi) is 3.71. The lowest BCUT2D eigenvalue weighted by molar-refractivity contribution is 0.0458. The predicted molar refractivity (Wildman–Crippen MR) is 68.3 cm³/mol. The van der Waals surface area contributed by atoms with Crippen LogP contribution in [-0.2, 0) is 7.05 Å². The number of amides is 1. The number of aliphatic hydroxyl groups excluding tert-OH is 1. The number of carbonyl (C=O) groups excluding carboxylic acids is 1. The number of nitrogens with zero attached hydrogens (tertiary/aromatic N) is 3. The van der Waals surface area contributed by atoms with Gasteiger partial charge in [-0.05, 0) is 32.8 Å². The van der Waals surface area contributed by atoms with Gasteiger partial charge >= 0.3 is 0 Å². The predicted octanol–water partition coefficient (Wildman–Crippen LogP) is 0.962. The summed E-state index contributed by atoms with van der Waals surface area (Å²) in [6, 6.07) is 1.81. The third-order valence-electron chi connectivity index (χ3n) is 3.65. The van der Waals surface area contributed by atoms with Crippen LogP contribution in [0.2, 0.25) is 0 Å². The Balaban J connectivity index is 2.11. The number of hydrogen-bond acceptors (Lipinski definition) is 3. The van der Waals surface area contributed by atoms with Gasteiger partial charge in [-0.3, -0.25) is 9.48 Å². The molecule has 0 aromatic carbocycles. The zero-order valence-corrected chi connectivity index (χ0v) is 11.3. The molecule has 0 radical (unpaired) electrons. The van der Waals surface area contributed by atoms with Crippen molar-refractivity contribution in [3.05, 3.63) is 17.5 Å². The minimum Gasteiger partial charge on any atom is -0.393 e. The molecule has 5 nitrogen and oxygen atoms in total. The van der Waals surface area contributed by atoms with Crippen LogP contribution in [-0.4, -0.2) is 44.9 Å². The third-order valence-corrected chi connectivity index (χ3v) is 3.65. The highest BCUT2D eigenvalue weighted by atomic mass is 16.3. The molecular weight excluding hydrogens is 230 g/mol. The van der Waals surface area contributed by atoms with E-state index in [9.17, 15) is 9.90 Å². The number of aryl methyl sites for hydroxylation is 2. The minimum atomic E-state index is -0.353. The molecule has 2 heterocycles. The number of aromatic nitrogens is 2. The van der Waals surface area contributed by atoms with E-state index in [0.29, 0.717) is 12.2 Å². The molecule has 1 aliphatic heterocycles. The van der Waals surface area contributed by atoms with E-state index >= 15 is 0 Å². The van der Waals surface area contributed by atoms with Crippen LogP contribution in [0.1, 0.15) is 35.9 Å². The highest BCUT2D eigenvalue weighted by Gasteiger charge is 2.28. The van der Waals surface area contributed by atoms with Crippen LogP contribution in [0, 0.1) is 12.8 Å². The summed E-state index contributed by atoms with van der Waals surface area (Å²) in [5, 5.41) is 13.9. The number of aliphatic hydroxyl groups is 1. The van der Waals surface area contributed by atoms with Crippen LogP contribution in [0.15, 0.2) is 6.07 Å². The maximum Gasteiger partial charge on any atom is 0.272 e. The molecule has 0 aliphatic carbocycles. The highest BCUT2D eigenvalue weighted by Crippen LogP contribution is 2.21. The zero-order valence-electron chi connectivity index (χ0n) is 11.3. The number of piperidine rings is 1. The molecule has 2 rings (SSSR count).